The molecule has 16 heteroatoms. The number of rotatable bonds is 10. The Morgan fingerprint density at radius 3 is 2.41 bits per heavy atom. The highest BCUT2D eigenvalue weighted by Crippen LogP contribution is 2.43. The first-order chi connectivity index (χ1) is 21.6. The molecule has 2 atom stereocenters. The van der Waals surface area contributed by atoms with E-state index >= 15 is 0 Å². The van der Waals surface area contributed by atoms with E-state index in [0.29, 0.717) is 12.5 Å². The van der Waals surface area contributed by atoms with Crippen molar-refractivity contribution in [3.8, 4) is 11.8 Å². The van der Waals surface area contributed by atoms with Gasteiger partial charge in [-0.15, -0.1) is 0 Å². The summed E-state index contributed by atoms with van der Waals surface area (Å²) in [7, 11) is 0. The number of aliphatic carboxylic acids is 1. The highest BCUT2D eigenvalue weighted by Gasteiger charge is 2.39. The van der Waals surface area contributed by atoms with E-state index in [1.54, 1.807) is 13.0 Å². The number of anilines is 2. The Balaban J connectivity index is 1.75. The number of nitrogens with zero attached hydrogens (tertiary/aromatic N) is 4. The van der Waals surface area contributed by atoms with E-state index in [4.69, 9.17) is 9.84 Å². The van der Waals surface area contributed by atoms with E-state index in [2.05, 4.69) is 15.3 Å². The zero-order valence-corrected chi connectivity index (χ0v) is 24.1. The molecule has 0 fully saturated rings. The predicted octanol–water partition coefficient (Wildman–Crippen LogP) is 7.04. The van der Waals surface area contributed by atoms with Crippen LogP contribution < -0.4 is 15.0 Å². The van der Waals surface area contributed by atoms with E-state index in [0.717, 1.165) is 29.2 Å². The van der Waals surface area contributed by atoms with Gasteiger partial charge in [0.05, 0.1) is 53.0 Å². The summed E-state index contributed by atoms with van der Waals surface area (Å²) in [4.78, 5) is 32.6. The molecule has 244 valence electrons. The number of alkyl halides is 6. The van der Waals surface area contributed by atoms with Crippen LogP contribution in [0.5, 0.6) is 5.75 Å². The molecule has 0 aliphatic carbocycles. The van der Waals surface area contributed by atoms with Crippen molar-refractivity contribution < 1.29 is 50.9 Å². The first-order valence-corrected chi connectivity index (χ1v) is 13.9. The molecule has 3 aromatic rings. The number of ether oxygens (including phenoxy) is 1. The minimum atomic E-state index is -4.75. The second kappa shape index (κ2) is 13.5. The van der Waals surface area contributed by atoms with Crippen LogP contribution >= 0.6 is 0 Å². The number of hydrogen-bond donors (Lipinski definition) is 3. The summed E-state index contributed by atoms with van der Waals surface area (Å²) in [5, 5.41) is 31.0. The van der Waals surface area contributed by atoms with Crippen LogP contribution in [0, 0.1) is 11.3 Å². The fourth-order valence-corrected chi connectivity index (χ4v) is 5.18. The fraction of sp³-hybridized carbons (Fsp3) is 0.367. The van der Waals surface area contributed by atoms with E-state index in [1.807, 2.05) is 0 Å². The molecule has 3 N–H and O–H groups in total. The van der Waals surface area contributed by atoms with Gasteiger partial charge in [0.15, 0.2) is 5.75 Å². The van der Waals surface area contributed by atoms with Crippen LogP contribution in [0.4, 0.5) is 42.8 Å². The third-order valence-electron chi connectivity index (χ3n) is 7.29. The number of carbonyl (C=O) groups is 2. The molecule has 1 aliphatic rings. The van der Waals surface area contributed by atoms with E-state index in [9.17, 15) is 46.3 Å². The molecule has 0 spiro atoms. The molecule has 0 saturated heterocycles. The number of carboxylic acid groups (broad SMARTS) is 2. The van der Waals surface area contributed by atoms with Gasteiger partial charge >= 0.3 is 24.4 Å². The molecule has 1 aliphatic heterocycles. The van der Waals surface area contributed by atoms with Crippen LogP contribution in [0.2, 0.25) is 0 Å². The normalized spacial score (nSPS) is 16.3. The quantitative estimate of drug-likeness (QED) is 0.155. The lowest BCUT2D eigenvalue weighted by molar-refractivity contribution is -0.138. The Labute approximate surface area is 258 Å². The SMILES string of the molecule is CC[C@@H]1C[C@H](Nc2ncc(OCCCC(=O)O)c(Cc3cc(C#N)cc(C(F)(F)F)c3)n2)c2cc(C(F)(F)F)ccc2N1C(=O)O. The van der Waals surface area contributed by atoms with Crippen LogP contribution in [0.1, 0.15) is 72.2 Å². The maximum absolute atomic E-state index is 13.6. The van der Waals surface area contributed by atoms with E-state index in [1.165, 1.54) is 12.3 Å². The Morgan fingerprint density at radius 1 is 1.09 bits per heavy atom. The van der Waals surface area contributed by atoms with Gasteiger partial charge < -0.3 is 20.3 Å². The minimum absolute atomic E-state index is 0.0127. The molecule has 0 bridgehead atoms. The fourth-order valence-electron chi connectivity index (χ4n) is 5.18. The van der Waals surface area contributed by atoms with Gasteiger partial charge in [0.1, 0.15) is 0 Å². The van der Waals surface area contributed by atoms with Crippen molar-refractivity contribution in [2.45, 2.75) is 63.5 Å². The summed E-state index contributed by atoms with van der Waals surface area (Å²) in [6.07, 6.45) is -9.65. The number of carboxylic acids is 1. The van der Waals surface area contributed by atoms with Gasteiger partial charge in [-0.2, -0.15) is 31.6 Å². The Kier molecular flexibility index (Phi) is 9.93. The molecule has 46 heavy (non-hydrogen) atoms. The van der Waals surface area contributed by atoms with Crippen LogP contribution in [-0.4, -0.2) is 44.9 Å². The number of nitrogens with one attached hydrogen (secondary N) is 1. The zero-order valence-electron chi connectivity index (χ0n) is 24.1. The molecule has 0 saturated carbocycles. The average Bonchev–Trinajstić information content (AvgIpc) is 2.98. The van der Waals surface area contributed by atoms with Crippen LogP contribution in [0.25, 0.3) is 0 Å². The summed E-state index contributed by atoms with van der Waals surface area (Å²) in [6.45, 7) is 1.63. The van der Waals surface area contributed by atoms with Gasteiger partial charge in [0, 0.05) is 18.9 Å². The number of benzene rings is 2. The molecule has 4 rings (SSSR count). The van der Waals surface area contributed by atoms with Crippen LogP contribution in [0.15, 0.2) is 42.6 Å². The van der Waals surface area contributed by atoms with Gasteiger partial charge in [0.25, 0.3) is 0 Å². The third kappa shape index (κ3) is 7.95. The van der Waals surface area contributed by atoms with Crippen LogP contribution in [0.3, 0.4) is 0 Å². The van der Waals surface area contributed by atoms with E-state index in [-0.39, 0.29) is 72.1 Å². The third-order valence-corrected chi connectivity index (χ3v) is 7.29. The van der Waals surface area contributed by atoms with Crippen molar-refractivity contribution in [3.05, 3.63) is 76.1 Å². The summed E-state index contributed by atoms with van der Waals surface area (Å²) in [6, 6.07) is 5.67. The maximum atomic E-state index is 13.6. The maximum Gasteiger partial charge on any atom is 0.416 e. The number of halogens is 6. The molecule has 1 amide bonds. The number of amides is 1. The van der Waals surface area contributed by atoms with Crippen molar-refractivity contribution in [1.82, 2.24) is 9.97 Å². The number of hydrogen-bond acceptors (Lipinski definition) is 7. The summed E-state index contributed by atoms with van der Waals surface area (Å²) in [5.74, 6) is -1.19. The van der Waals surface area contributed by atoms with Crippen molar-refractivity contribution in [1.29, 1.82) is 5.26 Å². The van der Waals surface area contributed by atoms with Crippen molar-refractivity contribution in [2.75, 3.05) is 16.8 Å². The van der Waals surface area contributed by atoms with Gasteiger partial charge in [-0.3, -0.25) is 9.69 Å². The smallest absolute Gasteiger partial charge is 0.416 e. The number of nitriles is 1. The molecule has 1 aromatic heterocycles. The lowest BCUT2D eigenvalue weighted by Gasteiger charge is -2.39. The van der Waals surface area contributed by atoms with Gasteiger partial charge in [-0.05, 0) is 66.8 Å². The van der Waals surface area contributed by atoms with Gasteiger partial charge in [0.2, 0.25) is 5.95 Å². The van der Waals surface area contributed by atoms with E-state index < -0.39 is 47.6 Å². The molecule has 10 nitrogen and oxygen atoms in total. The molecular weight excluding hydrogens is 624 g/mol. The first-order valence-electron chi connectivity index (χ1n) is 13.9. The van der Waals surface area contributed by atoms with Crippen molar-refractivity contribution in [3.63, 3.8) is 0 Å². The Bertz CT molecular complexity index is 1660. The molecular formula is C30H27F6N5O5. The largest absolute Gasteiger partial charge is 0.490 e. The Morgan fingerprint density at radius 2 is 1.80 bits per heavy atom. The predicted molar refractivity (Wildman–Crippen MR) is 150 cm³/mol. The lowest BCUT2D eigenvalue weighted by Crippen LogP contribution is -2.45. The molecule has 0 unspecified atom stereocenters. The summed E-state index contributed by atoms with van der Waals surface area (Å²) in [5.41, 5.74) is -2.15. The first kappa shape index (κ1) is 33.8. The highest BCUT2D eigenvalue weighted by atomic mass is 19.4. The standard InChI is InChI=1S/C30H27F6N5O5/c1-2-20-13-22(21-12-18(29(31,32)33)5-6-24(21)41(20)28(44)45)39-27-38-15-25(46-7-3-4-26(42)43)23(40-27)11-16-8-17(14-37)10-19(9-16)30(34,35)36/h5-6,8-10,12,15,20,22H,2-4,7,11,13H2,1H3,(H,42,43)(H,44,45)(H,38,39,40)/t20-,22+/m1/s1. The molecule has 2 aromatic carbocycles. The summed E-state index contributed by atoms with van der Waals surface area (Å²) >= 11 is 0. The highest BCUT2D eigenvalue weighted by molar-refractivity contribution is 5.89. The van der Waals surface area contributed by atoms with Gasteiger partial charge in [-0.25, -0.2) is 14.8 Å². The number of aromatic nitrogens is 2. The topological polar surface area (TPSA) is 149 Å². The minimum Gasteiger partial charge on any atom is -0.490 e. The second-order valence-electron chi connectivity index (χ2n) is 10.5. The van der Waals surface area contributed by atoms with Crippen molar-refractivity contribution in [2.24, 2.45) is 0 Å². The van der Waals surface area contributed by atoms with Gasteiger partial charge in [-0.1, -0.05) is 6.92 Å². The summed E-state index contributed by atoms with van der Waals surface area (Å²) < 4.78 is 87.1. The molecule has 0 radical (unpaired) electrons. The second-order valence-corrected chi connectivity index (χ2v) is 10.5. The van der Waals surface area contributed by atoms with Crippen molar-refractivity contribution >= 4 is 23.7 Å². The molecule has 2 heterocycles. The Hall–Kier alpha value is -5.07. The average molecular weight is 652 g/mol. The van der Waals surface area contributed by atoms with Crippen LogP contribution in [-0.2, 0) is 23.6 Å². The zero-order chi connectivity index (χ0) is 33.8. The monoisotopic (exact) mass is 651 g/mol. The lowest BCUT2D eigenvalue weighted by atomic mass is 9.89. The number of fused-ring (bicyclic) bond motifs is 1.